The van der Waals surface area contributed by atoms with Gasteiger partial charge in [-0.3, -0.25) is 9.78 Å². The fourth-order valence-corrected chi connectivity index (χ4v) is 1.88. The van der Waals surface area contributed by atoms with Gasteiger partial charge >= 0.3 is 0 Å². The van der Waals surface area contributed by atoms with Crippen LogP contribution in [0.3, 0.4) is 0 Å². The van der Waals surface area contributed by atoms with Crippen molar-refractivity contribution in [3.8, 4) is 0 Å². The van der Waals surface area contributed by atoms with Crippen LogP contribution in [0.2, 0.25) is 0 Å². The molecule has 1 aromatic rings. The molecular weight excluding hydrogens is 190 g/mol. The Bertz CT molecular complexity index is 339. The lowest BCUT2D eigenvalue weighted by molar-refractivity contribution is -0.128. The van der Waals surface area contributed by atoms with Crippen molar-refractivity contribution < 1.29 is 4.79 Å². The number of carbonyl (C=O) groups is 1. The van der Waals surface area contributed by atoms with E-state index in [9.17, 15) is 4.79 Å². The number of amides is 1. The largest absolute Gasteiger partial charge is 0.338 e. The molecule has 2 N–H and O–H groups in total. The smallest absolute Gasteiger partial charge is 0.223 e. The van der Waals surface area contributed by atoms with Crippen molar-refractivity contribution in [3.63, 3.8) is 0 Å². The molecule has 1 amide bonds. The van der Waals surface area contributed by atoms with Gasteiger partial charge in [0.25, 0.3) is 0 Å². The summed E-state index contributed by atoms with van der Waals surface area (Å²) in [7, 11) is 0. The molecule has 80 valence electrons. The molecule has 15 heavy (non-hydrogen) atoms. The first-order chi connectivity index (χ1) is 7.29. The topological polar surface area (TPSA) is 59.2 Å². The van der Waals surface area contributed by atoms with Crippen molar-refractivity contribution in [1.29, 1.82) is 0 Å². The molecule has 1 saturated heterocycles. The monoisotopic (exact) mass is 205 g/mol. The van der Waals surface area contributed by atoms with Gasteiger partial charge in [-0.05, 0) is 24.1 Å². The molecule has 0 spiro atoms. The van der Waals surface area contributed by atoms with Gasteiger partial charge in [-0.15, -0.1) is 0 Å². The van der Waals surface area contributed by atoms with Crippen LogP contribution in [0.4, 0.5) is 0 Å². The van der Waals surface area contributed by atoms with Gasteiger partial charge in [-0.1, -0.05) is 6.07 Å². The Hall–Kier alpha value is -1.42. The standard InChI is InChI=1S/C11H15N3O/c12-5-10-4-11(15)14(8-10)7-9-2-1-3-13-6-9/h1-3,6,10H,4-5,7-8,12H2. The van der Waals surface area contributed by atoms with Crippen LogP contribution in [0.1, 0.15) is 12.0 Å². The summed E-state index contributed by atoms with van der Waals surface area (Å²) in [5, 5.41) is 0. The van der Waals surface area contributed by atoms with E-state index >= 15 is 0 Å². The maximum Gasteiger partial charge on any atom is 0.223 e. The van der Waals surface area contributed by atoms with Gasteiger partial charge in [0.15, 0.2) is 0 Å². The second-order valence-corrected chi connectivity index (χ2v) is 3.94. The van der Waals surface area contributed by atoms with Crippen LogP contribution in [0.25, 0.3) is 0 Å². The Kier molecular flexibility index (Phi) is 2.97. The first-order valence-electron chi connectivity index (χ1n) is 5.16. The summed E-state index contributed by atoms with van der Waals surface area (Å²) in [4.78, 5) is 17.5. The fourth-order valence-electron chi connectivity index (χ4n) is 1.88. The minimum Gasteiger partial charge on any atom is -0.338 e. The Morgan fingerprint density at radius 1 is 1.60 bits per heavy atom. The third-order valence-corrected chi connectivity index (χ3v) is 2.72. The van der Waals surface area contributed by atoms with Gasteiger partial charge in [0.05, 0.1) is 0 Å². The SMILES string of the molecule is NCC1CC(=O)N(Cc2cccnc2)C1. The Labute approximate surface area is 89.1 Å². The summed E-state index contributed by atoms with van der Waals surface area (Å²) in [6.45, 7) is 2.03. The molecule has 1 aromatic heterocycles. The number of nitrogens with two attached hydrogens (primary N) is 1. The molecule has 1 fully saturated rings. The van der Waals surface area contributed by atoms with Gasteiger partial charge in [0.1, 0.15) is 0 Å². The maximum absolute atomic E-state index is 11.6. The van der Waals surface area contributed by atoms with E-state index in [0.717, 1.165) is 12.1 Å². The van der Waals surface area contributed by atoms with Crippen LogP contribution >= 0.6 is 0 Å². The summed E-state index contributed by atoms with van der Waals surface area (Å²) >= 11 is 0. The summed E-state index contributed by atoms with van der Waals surface area (Å²) < 4.78 is 0. The van der Waals surface area contributed by atoms with Gasteiger partial charge < -0.3 is 10.6 Å². The lowest BCUT2D eigenvalue weighted by atomic mass is 10.1. The van der Waals surface area contributed by atoms with Gasteiger partial charge in [0.2, 0.25) is 5.91 Å². The van der Waals surface area contributed by atoms with Gasteiger partial charge in [-0.2, -0.15) is 0 Å². The number of hydrogen-bond donors (Lipinski definition) is 1. The van der Waals surface area contributed by atoms with Crippen molar-refractivity contribution in [2.75, 3.05) is 13.1 Å². The molecule has 2 rings (SSSR count). The van der Waals surface area contributed by atoms with Crippen molar-refractivity contribution >= 4 is 5.91 Å². The highest BCUT2D eigenvalue weighted by Gasteiger charge is 2.28. The highest BCUT2D eigenvalue weighted by atomic mass is 16.2. The van der Waals surface area contributed by atoms with Crippen LogP contribution < -0.4 is 5.73 Å². The van der Waals surface area contributed by atoms with Crippen LogP contribution in [-0.4, -0.2) is 28.9 Å². The zero-order chi connectivity index (χ0) is 10.7. The Morgan fingerprint density at radius 2 is 2.47 bits per heavy atom. The van der Waals surface area contributed by atoms with E-state index in [2.05, 4.69) is 4.98 Å². The molecule has 4 nitrogen and oxygen atoms in total. The van der Waals surface area contributed by atoms with E-state index in [4.69, 9.17) is 5.73 Å². The predicted octanol–water partition coefficient (Wildman–Crippen LogP) is 0.389. The average molecular weight is 205 g/mol. The Morgan fingerprint density at radius 3 is 3.07 bits per heavy atom. The lowest BCUT2D eigenvalue weighted by Gasteiger charge is -2.15. The number of pyridine rings is 1. The van der Waals surface area contributed by atoms with E-state index in [1.165, 1.54) is 0 Å². The maximum atomic E-state index is 11.6. The molecule has 0 saturated carbocycles. The number of aromatic nitrogens is 1. The third kappa shape index (κ3) is 2.33. The van der Waals surface area contributed by atoms with E-state index in [-0.39, 0.29) is 5.91 Å². The zero-order valence-corrected chi connectivity index (χ0v) is 8.60. The molecule has 0 aliphatic carbocycles. The van der Waals surface area contributed by atoms with E-state index < -0.39 is 0 Å². The first kappa shape index (κ1) is 10.1. The molecule has 4 heteroatoms. The number of hydrogen-bond acceptors (Lipinski definition) is 3. The summed E-state index contributed by atoms with van der Waals surface area (Å²) in [5.74, 6) is 0.531. The van der Waals surface area contributed by atoms with Crippen molar-refractivity contribution in [3.05, 3.63) is 30.1 Å². The van der Waals surface area contributed by atoms with E-state index in [1.54, 1.807) is 12.4 Å². The third-order valence-electron chi connectivity index (χ3n) is 2.72. The minimum atomic E-state index is 0.203. The number of likely N-dealkylation sites (tertiary alicyclic amines) is 1. The zero-order valence-electron chi connectivity index (χ0n) is 8.60. The molecule has 1 atom stereocenters. The second-order valence-electron chi connectivity index (χ2n) is 3.94. The van der Waals surface area contributed by atoms with Crippen molar-refractivity contribution in [1.82, 2.24) is 9.88 Å². The fraction of sp³-hybridized carbons (Fsp3) is 0.455. The molecule has 1 aliphatic rings. The van der Waals surface area contributed by atoms with Crippen molar-refractivity contribution in [2.24, 2.45) is 11.7 Å². The Balaban J connectivity index is 1.99. The predicted molar refractivity (Wildman–Crippen MR) is 56.8 cm³/mol. The molecule has 2 heterocycles. The first-order valence-corrected chi connectivity index (χ1v) is 5.16. The lowest BCUT2D eigenvalue weighted by Crippen LogP contribution is -2.25. The number of rotatable bonds is 3. The molecule has 1 aliphatic heterocycles. The van der Waals surface area contributed by atoms with Crippen molar-refractivity contribution in [2.45, 2.75) is 13.0 Å². The molecular formula is C11H15N3O. The summed E-state index contributed by atoms with van der Waals surface area (Å²) in [6, 6.07) is 3.87. The van der Waals surface area contributed by atoms with Gasteiger partial charge in [0, 0.05) is 31.9 Å². The minimum absolute atomic E-state index is 0.203. The average Bonchev–Trinajstić information content (AvgIpc) is 2.61. The van der Waals surface area contributed by atoms with Crippen LogP contribution in [0.15, 0.2) is 24.5 Å². The van der Waals surface area contributed by atoms with Gasteiger partial charge in [-0.25, -0.2) is 0 Å². The second kappa shape index (κ2) is 4.40. The molecule has 1 unspecified atom stereocenters. The summed E-state index contributed by atoms with van der Waals surface area (Å²) in [5.41, 5.74) is 6.63. The van der Waals surface area contributed by atoms with E-state index in [0.29, 0.717) is 25.4 Å². The number of nitrogens with zero attached hydrogens (tertiary/aromatic N) is 2. The van der Waals surface area contributed by atoms with E-state index in [1.807, 2.05) is 17.0 Å². The van der Waals surface area contributed by atoms with Crippen LogP contribution in [0.5, 0.6) is 0 Å². The highest BCUT2D eigenvalue weighted by molar-refractivity contribution is 5.78. The molecule has 0 radical (unpaired) electrons. The highest BCUT2D eigenvalue weighted by Crippen LogP contribution is 2.18. The number of carbonyl (C=O) groups excluding carboxylic acids is 1. The summed E-state index contributed by atoms with van der Waals surface area (Å²) in [6.07, 6.45) is 4.12. The quantitative estimate of drug-likeness (QED) is 0.776. The van der Waals surface area contributed by atoms with Crippen LogP contribution in [-0.2, 0) is 11.3 Å². The molecule has 0 bridgehead atoms. The normalized spacial score (nSPS) is 21.0. The molecule has 0 aromatic carbocycles. The van der Waals surface area contributed by atoms with Crippen LogP contribution in [0, 0.1) is 5.92 Å².